The molecular weight excluding hydrogens is 334 g/mol. The van der Waals surface area contributed by atoms with Gasteiger partial charge in [-0.1, -0.05) is 0 Å². The van der Waals surface area contributed by atoms with E-state index in [9.17, 15) is 4.79 Å². The fraction of sp³-hybridized carbons (Fsp3) is 0.462. The van der Waals surface area contributed by atoms with Crippen LogP contribution in [0.3, 0.4) is 0 Å². The predicted octanol–water partition coefficient (Wildman–Crippen LogP) is 2.79. The molecule has 0 radical (unpaired) electrons. The molecule has 106 valence electrons. The van der Waals surface area contributed by atoms with Crippen LogP contribution in [0.2, 0.25) is 0 Å². The molecule has 0 aliphatic heterocycles. The molecule has 0 fully saturated rings. The van der Waals surface area contributed by atoms with Gasteiger partial charge in [-0.15, -0.1) is 11.6 Å². The summed E-state index contributed by atoms with van der Waals surface area (Å²) in [6.07, 6.45) is 0. The van der Waals surface area contributed by atoms with Gasteiger partial charge < -0.3 is 14.4 Å². The number of carbonyl (C=O) groups is 1. The topological polar surface area (TPSA) is 38.8 Å². The van der Waals surface area contributed by atoms with Crippen molar-refractivity contribution in [3.05, 3.63) is 28.2 Å². The first-order valence-electron chi connectivity index (χ1n) is 5.81. The van der Waals surface area contributed by atoms with E-state index in [1.54, 1.807) is 37.3 Å². The molecule has 0 aliphatic carbocycles. The zero-order valence-corrected chi connectivity index (χ0v) is 13.3. The normalized spacial score (nSPS) is 10.3. The number of nitrogens with zero attached hydrogens (tertiary/aromatic N) is 1. The third-order valence-corrected chi connectivity index (χ3v) is 3.47. The van der Waals surface area contributed by atoms with Gasteiger partial charge in [0.15, 0.2) is 0 Å². The summed E-state index contributed by atoms with van der Waals surface area (Å²) in [6.45, 7) is 1.46. The first-order valence-corrected chi connectivity index (χ1v) is 7.14. The van der Waals surface area contributed by atoms with Crippen LogP contribution in [0.4, 0.5) is 0 Å². The Morgan fingerprint density at radius 2 is 2.11 bits per heavy atom. The van der Waals surface area contributed by atoms with Crippen LogP contribution in [0.15, 0.2) is 22.7 Å². The molecule has 1 aromatic rings. The number of carbonyl (C=O) groups excluding carboxylic acids is 1. The molecule has 0 saturated heterocycles. The first kappa shape index (κ1) is 16.3. The predicted molar refractivity (Wildman–Crippen MR) is 79.2 cm³/mol. The average molecular weight is 351 g/mol. The fourth-order valence-electron chi connectivity index (χ4n) is 1.58. The molecule has 0 spiro atoms. The largest absolute Gasteiger partial charge is 0.497 e. The molecule has 0 unspecified atom stereocenters. The van der Waals surface area contributed by atoms with E-state index in [4.69, 9.17) is 21.1 Å². The van der Waals surface area contributed by atoms with Crippen LogP contribution in [0.25, 0.3) is 0 Å². The van der Waals surface area contributed by atoms with E-state index < -0.39 is 0 Å². The van der Waals surface area contributed by atoms with Crippen molar-refractivity contribution in [2.75, 3.05) is 39.8 Å². The van der Waals surface area contributed by atoms with Crippen molar-refractivity contribution in [2.24, 2.45) is 0 Å². The lowest BCUT2D eigenvalue weighted by Gasteiger charge is -2.22. The second-order valence-corrected chi connectivity index (χ2v) is 5.05. The third-order valence-electron chi connectivity index (χ3n) is 2.61. The zero-order chi connectivity index (χ0) is 14.3. The molecule has 4 nitrogen and oxygen atoms in total. The molecule has 0 bridgehead atoms. The highest BCUT2D eigenvalue weighted by molar-refractivity contribution is 9.10. The van der Waals surface area contributed by atoms with E-state index in [-0.39, 0.29) is 5.91 Å². The Bertz CT molecular complexity index is 428. The fourth-order valence-corrected chi connectivity index (χ4v) is 2.20. The molecule has 0 saturated carbocycles. The van der Waals surface area contributed by atoms with Crippen LogP contribution in [-0.2, 0) is 4.74 Å². The number of amides is 1. The number of ether oxygens (including phenoxy) is 2. The zero-order valence-electron chi connectivity index (χ0n) is 11.0. The standard InChI is InChI=1S/C13H17BrClNO3/c1-18-8-7-16(6-5-15)13(17)11-9-10(19-2)3-4-12(11)14/h3-4,9H,5-8H2,1-2H3. The molecular formula is C13H17BrClNO3. The van der Waals surface area contributed by atoms with Crippen molar-refractivity contribution >= 4 is 33.4 Å². The maximum absolute atomic E-state index is 12.5. The van der Waals surface area contributed by atoms with Crippen LogP contribution in [0, 0.1) is 0 Å². The van der Waals surface area contributed by atoms with Gasteiger partial charge >= 0.3 is 0 Å². The molecule has 19 heavy (non-hydrogen) atoms. The summed E-state index contributed by atoms with van der Waals surface area (Å²) >= 11 is 9.11. The molecule has 0 heterocycles. The highest BCUT2D eigenvalue weighted by Crippen LogP contribution is 2.23. The van der Waals surface area contributed by atoms with Crippen LogP contribution < -0.4 is 4.74 Å². The van der Waals surface area contributed by atoms with Crippen LogP contribution in [0.1, 0.15) is 10.4 Å². The summed E-state index contributed by atoms with van der Waals surface area (Å²) < 4.78 is 10.9. The minimum atomic E-state index is -0.0940. The van der Waals surface area contributed by atoms with E-state index in [0.29, 0.717) is 36.9 Å². The first-order chi connectivity index (χ1) is 9.13. The number of hydrogen-bond acceptors (Lipinski definition) is 3. The van der Waals surface area contributed by atoms with Crippen molar-refractivity contribution in [3.8, 4) is 5.75 Å². The minimum absolute atomic E-state index is 0.0940. The van der Waals surface area contributed by atoms with E-state index in [1.165, 1.54) is 0 Å². The van der Waals surface area contributed by atoms with Gasteiger partial charge in [0.05, 0.1) is 19.3 Å². The second kappa shape index (κ2) is 8.40. The molecule has 6 heteroatoms. The summed E-state index contributed by atoms with van der Waals surface area (Å²) in [7, 11) is 3.17. The summed E-state index contributed by atoms with van der Waals surface area (Å²) in [5.74, 6) is 0.935. The number of rotatable bonds is 7. The van der Waals surface area contributed by atoms with E-state index >= 15 is 0 Å². The molecule has 0 aliphatic rings. The summed E-state index contributed by atoms with van der Waals surface area (Å²) in [6, 6.07) is 5.30. The SMILES string of the molecule is COCCN(CCCl)C(=O)c1cc(OC)ccc1Br. The van der Waals surface area contributed by atoms with Gasteiger partial charge in [-0.2, -0.15) is 0 Å². The number of halogens is 2. The number of hydrogen-bond donors (Lipinski definition) is 0. The lowest BCUT2D eigenvalue weighted by atomic mass is 10.2. The smallest absolute Gasteiger partial charge is 0.255 e. The Balaban J connectivity index is 2.94. The Labute approximate surface area is 126 Å². The Morgan fingerprint density at radius 1 is 1.37 bits per heavy atom. The number of benzene rings is 1. The van der Waals surface area contributed by atoms with Gasteiger partial charge in [0, 0.05) is 30.6 Å². The summed E-state index contributed by atoms with van der Waals surface area (Å²) in [4.78, 5) is 14.1. The minimum Gasteiger partial charge on any atom is -0.497 e. The van der Waals surface area contributed by atoms with E-state index in [1.807, 2.05) is 0 Å². The Hall–Kier alpha value is -0.780. The van der Waals surface area contributed by atoms with Crippen molar-refractivity contribution in [1.29, 1.82) is 0 Å². The van der Waals surface area contributed by atoms with E-state index in [2.05, 4.69) is 15.9 Å². The highest BCUT2D eigenvalue weighted by Gasteiger charge is 2.18. The van der Waals surface area contributed by atoms with Gasteiger partial charge in [-0.05, 0) is 34.1 Å². The van der Waals surface area contributed by atoms with Crippen LogP contribution in [-0.4, -0.2) is 50.6 Å². The summed E-state index contributed by atoms with van der Waals surface area (Å²) in [5.41, 5.74) is 0.556. The second-order valence-electron chi connectivity index (χ2n) is 3.82. The monoisotopic (exact) mass is 349 g/mol. The maximum Gasteiger partial charge on any atom is 0.255 e. The quantitative estimate of drug-likeness (QED) is 0.710. The highest BCUT2D eigenvalue weighted by atomic mass is 79.9. The van der Waals surface area contributed by atoms with Gasteiger partial charge in [-0.25, -0.2) is 0 Å². The molecule has 1 rings (SSSR count). The summed E-state index contributed by atoms with van der Waals surface area (Å²) in [5, 5.41) is 0. The maximum atomic E-state index is 12.5. The number of methoxy groups -OCH3 is 2. The van der Waals surface area contributed by atoms with Crippen LogP contribution >= 0.6 is 27.5 Å². The lowest BCUT2D eigenvalue weighted by Crippen LogP contribution is -2.35. The van der Waals surface area contributed by atoms with Crippen molar-refractivity contribution < 1.29 is 14.3 Å². The molecule has 1 aromatic carbocycles. The van der Waals surface area contributed by atoms with Gasteiger partial charge in [-0.3, -0.25) is 4.79 Å². The number of alkyl halides is 1. The average Bonchev–Trinajstić information content (AvgIpc) is 2.43. The lowest BCUT2D eigenvalue weighted by molar-refractivity contribution is 0.0706. The third kappa shape index (κ3) is 4.67. The Morgan fingerprint density at radius 3 is 2.68 bits per heavy atom. The molecule has 1 amide bonds. The van der Waals surface area contributed by atoms with Gasteiger partial charge in [0.25, 0.3) is 5.91 Å². The van der Waals surface area contributed by atoms with Crippen molar-refractivity contribution in [3.63, 3.8) is 0 Å². The van der Waals surface area contributed by atoms with Gasteiger partial charge in [0.2, 0.25) is 0 Å². The van der Waals surface area contributed by atoms with E-state index in [0.717, 1.165) is 4.47 Å². The van der Waals surface area contributed by atoms with Crippen molar-refractivity contribution in [1.82, 2.24) is 4.90 Å². The van der Waals surface area contributed by atoms with Crippen LogP contribution in [0.5, 0.6) is 5.75 Å². The molecule has 0 atom stereocenters. The van der Waals surface area contributed by atoms with Gasteiger partial charge in [0.1, 0.15) is 5.75 Å². The molecule has 0 N–H and O–H groups in total. The van der Waals surface area contributed by atoms with Crippen molar-refractivity contribution in [2.45, 2.75) is 0 Å². The molecule has 0 aromatic heterocycles. The Kier molecular flexibility index (Phi) is 7.20.